The Balaban J connectivity index is 0.00000225. The van der Waals surface area contributed by atoms with Gasteiger partial charge in [0.25, 0.3) is 0 Å². The van der Waals surface area contributed by atoms with Gasteiger partial charge < -0.3 is 21.5 Å². The van der Waals surface area contributed by atoms with Gasteiger partial charge in [-0.05, 0) is 19.1 Å². The van der Waals surface area contributed by atoms with Gasteiger partial charge in [0.15, 0.2) is 0 Å². The van der Waals surface area contributed by atoms with Crippen LogP contribution in [0.3, 0.4) is 0 Å². The number of thioether (sulfide) groups is 1. The van der Waals surface area contributed by atoms with Crippen molar-refractivity contribution in [3.8, 4) is 0 Å². The van der Waals surface area contributed by atoms with Crippen LogP contribution in [0.15, 0.2) is 29.2 Å². The molecule has 0 spiro atoms. The molecule has 0 aliphatic rings. The molecule has 0 saturated carbocycles. The summed E-state index contributed by atoms with van der Waals surface area (Å²) in [6.07, 6.45) is 1.28. The molecule has 0 atom stereocenters. The molecule has 3 heteroatoms. The Morgan fingerprint density at radius 1 is 1.06 bits per heavy atom. The normalized spacial score (nSPS) is 11.0. The summed E-state index contributed by atoms with van der Waals surface area (Å²) in [5.41, 5.74) is 1.34. The van der Waals surface area contributed by atoms with Crippen LogP contribution in [-0.4, -0.2) is 37.9 Å². The lowest BCUT2D eigenvalue weighted by Gasteiger charge is -2.23. The summed E-state index contributed by atoms with van der Waals surface area (Å²) in [7, 11) is 6.74. The molecule has 0 heterocycles. The summed E-state index contributed by atoms with van der Waals surface area (Å²) >= 11 is 1.96. The highest BCUT2D eigenvalue weighted by molar-refractivity contribution is 7.99. The molecule has 16 heavy (non-hydrogen) atoms. The number of rotatable bonds is 5. The van der Waals surface area contributed by atoms with Gasteiger partial charge in [-0.2, -0.15) is 0 Å². The maximum Gasteiger partial charge on any atom is 0.0788 e. The second-order valence-corrected chi connectivity index (χ2v) is 6.20. The minimum absolute atomic E-state index is 0. The van der Waals surface area contributed by atoms with E-state index in [1.165, 1.54) is 29.2 Å². The summed E-state index contributed by atoms with van der Waals surface area (Å²) < 4.78 is 1.06. The molecule has 0 aromatic heterocycles. The Kier molecular flexibility index (Phi) is 7.36. The second kappa shape index (κ2) is 7.36. The predicted octanol–water partition coefficient (Wildman–Crippen LogP) is 0.187. The van der Waals surface area contributed by atoms with E-state index >= 15 is 0 Å². The minimum Gasteiger partial charge on any atom is -1.00 e. The van der Waals surface area contributed by atoms with E-state index in [0.29, 0.717) is 0 Å². The molecule has 0 radical (unpaired) electrons. The van der Waals surface area contributed by atoms with Crippen molar-refractivity contribution in [1.82, 2.24) is 0 Å². The summed E-state index contributed by atoms with van der Waals surface area (Å²) in [5, 5.41) is 0. The third-order valence-corrected chi connectivity index (χ3v) is 3.36. The Bertz CT molecular complexity index is 290. The Labute approximate surface area is 115 Å². The van der Waals surface area contributed by atoms with E-state index in [1.807, 2.05) is 11.8 Å². The number of benzene rings is 1. The van der Waals surface area contributed by atoms with Crippen molar-refractivity contribution >= 4 is 11.8 Å². The van der Waals surface area contributed by atoms with Crippen LogP contribution in [0.2, 0.25) is 0 Å². The lowest BCUT2D eigenvalue weighted by molar-refractivity contribution is -0.870. The van der Waals surface area contributed by atoms with E-state index in [-0.39, 0.29) is 17.0 Å². The first-order valence-electron chi connectivity index (χ1n) is 5.47. The Morgan fingerprint density at radius 3 is 2.12 bits per heavy atom. The van der Waals surface area contributed by atoms with Gasteiger partial charge in [-0.15, -0.1) is 11.8 Å². The van der Waals surface area contributed by atoms with Crippen molar-refractivity contribution in [2.24, 2.45) is 0 Å². The summed E-state index contributed by atoms with van der Waals surface area (Å²) in [4.78, 5) is 1.39. The largest absolute Gasteiger partial charge is 1.00 e. The SMILES string of the molecule is Cc1ccc(SCCC[N+](C)(C)C)cc1.[Br-]. The summed E-state index contributed by atoms with van der Waals surface area (Å²) in [6, 6.07) is 8.79. The van der Waals surface area contributed by atoms with Gasteiger partial charge in [0.2, 0.25) is 0 Å². The molecule has 92 valence electrons. The van der Waals surface area contributed by atoms with Gasteiger partial charge in [0.05, 0.1) is 27.7 Å². The fraction of sp³-hybridized carbons (Fsp3) is 0.538. The summed E-state index contributed by atoms with van der Waals surface area (Å²) in [6.45, 7) is 3.38. The van der Waals surface area contributed by atoms with Crippen LogP contribution in [0.4, 0.5) is 0 Å². The lowest BCUT2D eigenvalue weighted by Crippen LogP contribution is -3.00. The van der Waals surface area contributed by atoms with E-state index in [9.17, 15) is 0 Å². The van der Waals surface area contributed by atoms with Gasteiger partial charge in [0.1, 0.15) is 0 Å². The number of halogens is 1. The molecule has 0 N–H and O–H groups in total. The first-order valence-corrected chi connectivity index (χ1v) is 6.46. The number of hydrogen-bond donors (Lipinski definition) is 0. The highest BCUT2D eigenvalue weighted by Crippen LogP contribution is 2.19. The predicted molar refractivity (Wildman–Crippen MR) is 69.4 cm³/mol. The van der Waals surface area contributed by atoms with Crippen molar-refractivity contribution in [2.45, 2.75) is 18.2 Å². The first-order chi connectivity index (χ1) is 6.97. The van der Waals surface area contributed by atoms with Crippen LogP contribution in [0.5, 0.6) is 0 Å². The standard InChI is InChI=1S/C13H22NS.BrH/c1-12-6-8-13(9-7-12)15-11-5-10-14(2,3)4;/h6-9H,5,10-11H2,1-4H3;1H/q+1;/p-1. The van der Waals surface area contributed by atoms with Gasteiger partial charge in [-0.1, -0.05) is 17.7 Å². The minimum atomic E-state index is 0. The lowest BCUT2D eigenvalue weighted by atomic mass is 10.2. The monoisotopic (exact) mass is 303 g/mol. The fourth-order valence-corrected chi connectivity index (χ4v) is 2.20. The molecule has 1 nitrogen and oxygen atoms in total. The fourth-order valence-electron chi connectivity index (χ4n) is 1.36. The van der Waals surface area contributed by atoms with Crippen LogP contribution < -0.4 is 17.0 Å². The molecule has 0 aliphatic carbocycles. The van der Waals surface area contributed by atoms with Gasteiger partial charge >= 0.3 is 0 Å². The van der Waals surface area contributed by atoms with E-state index in [0.717, 1.165) is 4.48 Å². The Hall–Kier alpha value is 0.01000. The molecule has 0 amide bonds. The van der Waals surface area contributed by atoms with Crippen molar-refractivity contribution in [3.05, 3.63) is 29.8 Å². The van der Waals surface area contributed by atoms with Gasteiger partial charge in [0, 0.05) is 17.1 Å². The van der Waals surface area contributed by atoms with Crippen LogP contribution in [0, 0.1) is 6.92 Å². The zero-order valence-electron chi connectivity index (χ0n) is 10.7. The zero-order chi connectivity index (χ0) is 11.3. The number of aryl methyl sites for hydroxylation is 1. The topological polar surface area (TPSA) is 0 Å². The van der Waals surface area contributed by atoms with Crippen LogP contribution in [-0.2, 0) is 0 Å². The van der Waals surface area contributed by atoms with Gasteiger partial charge in [-0.3, -0.25) is 0 Å². The third kappa shape index (κ3) is 7.31. The number of hydrogen-bond acceptors (Lipinski definition) is 1. The molecule has 1 aromatic carbocycles. The summed E-state index contributed by atoms with van der Waals surface area (Å²) in [5.74, 6) is 1.22. The average Bonchev–Trinajstić information content (AvgIpc) is 2.14. The average molecular weight is 304 g/mol. The Morgan fingerprint density at radius 2 is 1.62 bits per heavy atom. The first kappa shape index (κ1) is 16.0. The van der Waals surface area contributed by atoms with E-state index in [1.54, 1.807) is 0 Å². The van der Waals surface area contributed by atoms with Crippen molar-refractivity contribution < 1.29 is 21.5 Å². The second-order valence-electron chi connectivity index (χ2n) is 5.03. The highest BCUT2D eigenvalue weighted by Gasteiger charge is 2.05. The smallest absolute Gasteiger partial charge is 0.0788 e. The molecule has 0 saturated heterocycles. The highest BCUT2D eigenvalue weighted by atomic mass is 79.9. The van der Waals surface area contributed by atoms with Crippen LogP contribution >= 0.6 is 11.8 Å². The molecular formula is C13H22BrNS. The quantitative estimate of drug-likeness (QED) is 0.425. The molecule has 0 aliphatic heterocycles. The molecule has 1 rings (SSSR count). The van der Waals surface area contributed by atoms with Crippen molar-refractivity contribution in [2.75, 3.05) is 33.4 Å². The third-order valence-electron chi connectivity index (χ3n) is 2.26. The molecule has 0 bridgehead atoms. The molecular weight excluding hydrogens is 282 g/mol. The molecule has 0 unspecified atom stereocenters. The van der Waals surface area contributed by atoms with Crippen molar-refractivity contribution in [1.29, 1.82) is 0 Å². The molecule has 0 fully saturated rings. The molecule has 1 aromatic rings. The van der Waals surface area contributed by atoms with E-state index in [4.69, 9.17) is 0 Å². The van der Waals surface area contributed by atoms with Crippen LogP contribution in [0.1, 0.15) is 12.0 Å². The van der Waals surface area contributed by atoms with E-state index < -0.39 is 0 Å². The maximum atomic E-state index is 2.25. The maximum absolute atomic E-state index is 2.25. The zero-order valence-corrected chi connectivity index (χ0v) is 13.1. The van der Waals surface area contributed by atoms with Gasteiger partial charge in [-0.25, -0.2) is 0 Å². The van der Waals surface area contributed by atoms with Crippen LogP contribution in [0.25, 0.3) is 0 Å². The van der Waals surface area contributed by atoms with Crippen molar-refractivity contribution in [3.63, 3.8) is 0 Å². The van der Waals surface area contributed by atoms with E-state index in [2.05, 4.69) is 52.3 Å². The number of nitrogens with zero attached hydrogens (tertiary/aromatic N) is 1. The number of quaternary nitrogens is 1.